The maximum Gasteiger partial charge on any atom is 0.224 e. The normalized spacial score (nSPS) is 23.1. The van der Waals surface area contributed by atoms with Crippen molar-refractivity contribution in [3.63, 3.8) is 0 Å². The molecule has 2 aliphatic rings. The number of halogens is 1. The van der Waals surface area contributed by atoms with E-state index in [0.29, 0.717) is 31.8 Å². The predicted molar refractivity (Wildman–Crippen MR) is 109 cm³/mol. The quantitative estimate of drug-likeness (QED) is 0.710. The molecule has 4 rings (SSSR count). The molecule has 6 nitrogen and oxygen atoms in total. The summed E-state index contributed by atoms with van der Waals surface area (Å²) in [5.41, 5.74) is 1.13. The Kier molecular flexibility index (Phi) is 5.31. The largest absolute Gasteiger partial charge is 0.347 e. The van der Waals surface area contributed by atoms with Crippen LogP contribution in [0, 0.1) is 0 Å². The van der Waals surface area contributed by atoms with Crippen molar-refractivity contribution in [1.82, 2.24) is 14.4 Å². The van der Waals surface area contributed by atoms with Gasteiger partial charge in [0.1, 0.15) is 0 Å². The number of hydrogen-bond acceptors (Lipinski definition) is 4. The zero-order valence-corrected chi connectivity index (χ0v) is 17.6. The predicted octanol–water partition coefficient (Wildman–Crippen LogP) is 2.13. The van der Waals surface area contributed by atoms with Crippen LogP contribution in [0.1, 0.15) is 12.8 Å². The van der Waals surface area contributed by atoms with Crippen LogP contribution in [0.25, 0.3) is 10.9 Å². The number of aromatic nitrogens is 1. The van der Waals surface area contributed by atoms with Crippen LogP contribution in [0.3, 0.4) is 0 Å². The number of carbonyl (C=O) groups excluding carboxylic acids is 1. The molecule has 2 aromatic rings. The summed E-state index contributed by atoms with van der Waals surface area (Å²) >= 11 is 3.50. The molecule has 1 amide bonds. The van der Waals surface area contributed by atoms with Gasteiger partial charge in [-0.3, -0.25) is 9.69 Å². The van der Waals surface area contributed by atoms with E-state index in [1.165, 1.54) is 5.39 Å². The van der Waals surface area contributed by atoms with Gasteiger partial charge in [-0.1, -0.05) is 22.0 Å². The molecule has 2 fully saturated rings. The van der Waals surface area contributed by atoms with Crippen molar-refractivity contribution in [3.05, 3.63) is 34.9 Å². The molecule has 1 aromatic heterocycles. The van der Waals surface area contributed by atoms with Gasteiger partial charge in [-0.15, -0.1) is 0 Å². The lowest BCUT2D eigenvalue weighted by molar-refractivity contribution is -0.133. The number of benzene rings is 1. The molecule has 3 heterocycles. The van der Waals surface area contributed by atoms with Gasteiger partial charge in [0, 0.05) is 61.4 Å². The highest BCUT2D eigenvalue weighted by Crippen LogP contribution is 2.22. The number of aryl methyl sites for hydroxylation is 1. The Bertz CT molecular complexity index is 948. The molecular weight excluding hydrogens is 430 g/mol. The van der Waals surface area contributed by atoms with Crippen molar-refractivity contribution in [2.24, 2.45) is 0 Å². The van der Waals surface area contributed by atoms with Gasteiger partial charge < -0.3 is 9.47 Å². The van der Waals surface area contributed by atoms with Gasteiger partial charge in [-0.2, -0.15) is 0 Å². The summed E-state index contributed by atoms with van der Waals surface area (Å²) in [5.74, 6) is 0.750. The number of nitrogens with zero attached hydrogens (tertiary/aromatic N) is 3. The summed E-state index contributed by atoms with van der Waals surface area (Å²) in [6, 6.07) is 8.37. The van der Waals surface area contributed by atoms with Crippen molar-refractivity contribution in [3.8, 4) is 0 Å². The molecule has 0 unspecified atom stereocenters. The zero-order valence-electron chi connectivity index (χ0n) is 15.2. The number of carbonyl (C=O) groups is 1. The molecule has 0 saturated carbocycles. The molecule has 27 heavy (non-hydrogen) atoms. The summed E-state index contributed by atoms with van der Waals surface area (Å²) in [7, 11) is -2.86. The van der Waals surface area contributed by atoms with E-state index >= 15 is 0 Å². The Morgan fingerprint density at radius 1 is 1.15 bits per heavy atom. The van der Waals surface area contributed by atoms with E-state index in [-0.39, 0.29) is 17.7 Å². The molecule has 2 aliphatic heterocycles. The summed E-state index contributed by atoms with van der Waals surface area (Å²) in [6.07, 6.45) is 3.24. The van der Waals surface area contributed by atoms with Gasteiger partial charge in [-0.25, -0.2) is 8.42 Å². The number of rotatable bonds is 4. The van der Waals surface area contributed by atoms with Crippen molar-refractivity contribution < 1.29 is 13.2 Å². The first-order valence-electron chi connectivity index (χ1n) is 9.38. The number of sulfone groups is 1. The highest BCUT2D eigenvalue weighted by molar-refractivity contribution is 9.10. The van der Waals surface area contributed by atoms with E-state index < -0.39 is 9.84 Å². The van der Waals surface area contributed by atoms with Gasteiger partial charge in [-0.05, 0) is 30.0 Å². The molecule has 1 aromatic carbocycles. The van der Waals surface area contributed by atoms with Crippen molar-refractivity contribution in [2.45, 2.75) is 25.4 Å². The smallest absolute Gasteiger partial charge is 0.224 e. The van der Waals surface area contributed by atoms with Gasteiger partial charge in [0.2, 0.25) is 5.91 Å². The average molecular weight is 454 g/mol. The van der Waals surface area contributed by atoms with E-state index in [2.05, 4.69) is 43.6 Å². The van der Waals surface area contributed by atoms with E-state index in [4.69, 9.17) is 0 Å². The minimum absolute atomic E-state index is 0.136. The third kappa shape index (κ3) is 4.22. The first-order valence-corrected chi connectivity index (χ1v) is 12.0. The fourth-order valence-corrected chi connectivity index (χ4v) is 6.24. The van der Waals surface area contributed by atoms with Crippen LogP contribution in [0.4, 0.5) is 0 Å². The van der Waals surface area contributed by atoms with Crippen LogP contribution in [-0.4, -0.2) is 72.4 Å². The molecular formula is C19H24BrN3O3S. The molecule has 0 N–H and O–H groups in total. The Hall–Kier alpha value is -1.38. The van der Waals surface area contributed by atoms with Crippen LogP contribution in [0.15, 0.2) is 34.9 Å². The lowest BCUT2D eigenvalue weighted by atomic mass is 10.2. The zero-order chi connectivity index (χ0) is 19.0. The van der Waals surface area contributed by atoms with Gasteiger partial charge in [0.25, 0.3) is 0 Å². The lowest BCUT2D eigenvalue weighted by Crippen LogP contribution is -2.52. The van der Waals surface area contributed by atoms with Crippen LogP contribution in [0.2, 0.25) is 0 Å². The molecule has 0 bridgehead atoms. The second-order valence-corrected chi connectivity index (χ2v) is 10.6. The first kappa shape index (κ1) is 19.0. The lowest BCUT2D eigenvalue weighted by Gasteiger charge is -2.37. The summed E-state index contributed by atoms with van der Waals surface area (Å²) in [6.45, 7) is 3.58. The molecule has 146 valence electrons. The van der Waals surface area contributed by atoms with Crippen molar-refractivity contribution >= 4 is 42.6 Å². The first-order chi connectivity index (χ1) is 12.9. The minimum atomic E-state index is -2.86. The monoisotopic (exact) mass is 453 g/mol. The molecule has 0 radical (unpaired) electrons. The fourth-order valence-electron chi connectivity index (χ4n) is 4.13. The van der Waals surface area contributed by atoms with Gasteiger partial charge in [0.05, 0.1) is 11.5 Å². The standard InChI is InChI=1S/C19H24BrN3O3S/c20-16-2-1-15-3-6-22(18(15)13-16)7-4-19(24)23-10-8-21(9-11-23)17-5-12-27(25,26)14-17/h1-3,6,13,17H,4-5,7-12,14H2/t17-/m1/s1. The summed E-state index contributed by atoms with van der Waals surface area (Å²) in [4.78, 5) is 16.8. The summed E-state index contributed by atoms with van der Waals surface area (Å²) < 4.78 is 26.5. The number of fused-ring (bicyclic) bond motifs is 1. The Morgan fingerprint density at radius 2 is 1.93 bits per heavy atom. The highest BCUT2D eigenvalue weighted by atomic mass is 79.9. The van der Waals surface area contributed by atoms with E-state index in [9.17, 15) is 13.2 Å². The molecule has 8 heteroatoms. The van der Waals surface area contributed by atoms with Crippen LogP contribution < -0.4 is 0 Å². The Labute approximate surface area is 168 Å². The maximum atomic E-state index is 12.6. The second-order valence-electron chi connectivity index (χ2n) is 7.44. The minimum Gasteiger partial charge on any atom is -0.347 e. The third-order valence-electron chi connectivity index (χ3n) is 5.69. The molecule has 0 spiro atoms. The van der Waals surface area contributed by atoms with E-state index in [1.54, 1.807) is 0 Å². The van der Waals surface area contributed by atoms with Gasteiger partial charge >= 0.3 is 0 Å². The molecule has 0 aliphatic carbocycles. The highest BCUT2D eigenvalue weighted by Gasteiger charge is 2.34. The average Bonchev–Trinajstić information content (AvgIpc) is 3.22. The number of hydrogen-bond donors (Lipinski definition) is 0. The number of amides is 1. The van der Waals surface area contributed by atoms with Crippen LogP contribution in [-0.2, 0) is 21.2 Å². The topological polar surface area (TPSA) is 62.6 Å². The van der Waals surface area contributed by atoms with E-state index in [0.717, 1.165) is 29.5 Å². The van der Waals surface area contributed by atoms with E-state index in [1.807, 2.05) is 17.2 Å². The van der Waals surface area contributed by atoms with Crippen LogP contribution in [0.5, 0.6) is 0 Å². The molecule has 2 saturated heterocycles. The van der Waals surface area contributed by atoms with Gasteiger partial charge in [0.15, 0.2) is 9.84 Å². The maximum absolute atomic E-state index is 12.6. The van der Waals surface area contributed by atoms with Crippen molar-refractivity contribution in [1.29, 1.82) is 0 Å². The second kappa shape index (κ2) is 7.56. The summed E-state index contributed by atoms with van der Waals surface area (Å²) in [5, 5.41) is 1.17. The SMILES string of the molecule is O=C(CCn1ccc2ccc(Br)cc21)N1CCN([C@@H]2CCS(=O)(=O)C2)CC1. The number of piperazine rings is 1. The third-order valence-corrected chi connectivity index (χ3v) is 7.94. The van der Waals surface area contributed by atoms with Crippen molar-refractivity contribution in [2.75, 3.05) is 37.7 Å². The van der Waals surface area contributed by atoms with Crippen LogP contribution >= 0.6 is 15.9 Å². The Balaban J connectivity index is 1.30. The molecule has 1 atom stereocenters. The fraction of sp³-hybridized carbons (Fsp3) is 0.526. The Morgan fingerprint density at radius 3 is 2.63 bits per heavy atom.